The lowest BCUT2D eigenvalue weighted by molar-refractivity contribution is 0.108. The lowest BCUT2D eigenvalue weighted by atomic mass is 10.3. The first-order chi connectivity index (χ1) is 7.16. The second-order valence-electron chi connectivity index (χ2n) is 2.83. The molecule has 0 aliphatic carbocycles. The first-order valence-corrected chi connectivity index (χ1v) is 5.32. The van der Waals surface area contributed by atoms with Gasteiger partial charge >= 0.3 is 0 Å². The third-order valence-corrected chi connectivity index (χ3v) is 2.82. The predicted octanol–water partition coefficient (Wildman–Crippen LogP) is 2.29. The van der Waals surface area contributed by atoms with Crippen LogP contribution in [0, 0.1) is 6.92 Å². The van der Waals surface area contributed by atoms with Gasteiger partial charge in [0, 0.05) is 6.20 Å². The number of nitrogens with zero attached hydrogens (tertiary/aromatic N) is 3. The van der Waals surface area contributed by atoms with Gasteiger partial charge in [0.2, 0.25) is 0 Å². The minimum Gasteiger partial charge on any atom is -0.276 e. The van der Waals surface area contributed by atoms with E-state index in [0.29, 0.717) is 11.3 Å². The zero-order chi connectivity index (χ0) is 10.8. The van der Waals surface area contributed by atoms with E-state index in [2.05, 4.69) is 15.2 Å². The Kier molecular flexibility index (Phi) is 2.75. The molecule has 0 bridgehead atoms. The summed E-state index contributed by atoms with van der Waals surface area (Å²) in [5.41, 5.74) is 1.07. The van der Waals surface area contributed by atoms with Crippen LogP contribution in [0.5, 0.6) is 0 Å². The van der Waals surface area contributed by atoms with Crippen LogP contribution >= 0.6 is 22.9 Å². The van der Waals surface area contributed by atoms with Crippen molar-refractivity contribution >= 4 is 28.2 Å². The van der Waals surface area contributed by atoms with Crippen LogP contribution in [0.2, 0.25) is 0 Å². The Morgan fingerprint density at radius 1 is 1.40 bits per heavy atom. The van der Waals surface area contributed by atoms with E-state index in [9.17, 15) is 4.79 Å². The third kappa shape index (κ3) is 2.19. The highest BCUT2D eigenvalue weighted by molar-refractivity contribution is 7.14. The van der Waals surface area contributed by atoms with Gasteiger partial charge in [0.25, 0.3) is 5.24 Å². The van der Waals surface area contributed by atoms with Crippen LogP contribution in [0.1, 0.15) is 15.4 Å². The number of hydrogen-bond acceptors (Lipinski definition) is 5. The van der Waals surface area contributed by atoms with Crippen LogP contribution in [-0.4, -0.2) is 20.4 Å². The molecule has 0 saturated carbocycles. The summed E-state index contributed by atoms with van der Waals surface area (Å²) in [6.07, 6.45) is 1.43. The summed E-state index contributed by atoms with van der Waals surface area (Å²) < 4.78 is 0. The molecule has 0 aliphatic heterocycles. The highest BCUT2D eigenvalue weighted by Gasteiger charge is 2.07. The monoisotopic (exact) mass is 239 g/mol. The van der Waals surface area contributed by atoms with Crippen LogP contribution in [0.15, 0.2) is 18.3 Å². The van der Waals surface area contributed by atoms with Gasteiger partial charge in [-0.1, -0.05) is 11.3 Å². The quantitative estimate of drug-likeness (QED) is 0.755. The van der Waals surface area contributed by atoms with Crippen molar-refractivity contribution < 1.29 is 4.79 Å². The average Bonchev–Trinajstić information content (AvgIpc) is 2.65. The van der Waals surface area contributed by atoms with Crippen molar-refractivity contribution in [2.75, 3.05) is 0 Å². The van der Waals surface area contributed by atoms with E-state index in [1.807, 2.05) is 6.92 Å². The standard InChI is InChI=1S/C9H6ClN3OS/c1-5-12-13-9(15-5)7-3-2-6(4-11-7)8(10)14/h2-4H,1H3. The largest absolute Gasteiger partial charge is 0.276 e. The van der Waals surface area contributed by atoms with Gasteiger partial charge in [0.15, 0.2) is 5.01 Å². The molecular formula is C9H6ClN3OS. The molecule has 2 aromatic heterocycles. The van der Waals surface area contributed by atoms with Crippen molar-refractivity contribution in [3.8, 4) is 10.7 Å². The number of carbonyl (C=O) groups is 1. The third-order valence-electron chi connectivity index (χ3n) is 1.74. The van der Waals surface area contributed by atoms with Crippen molar-refractivity contribution in [3.63, 3.8) is 0 Å². The topological polar surface area (TPSA) is 55.7 Å². The SMILES string of the molecule is Cc1nnc(-c2ccc(C(=O)Cl)cn2)s1. The van der Waals surface area contributed by atoms with E-state index in [0.717, 1.165) is 10.0 Å². The maximum absolute atomic E-state index is 10.8. The summed E-state index contributed by atoms with van der Waals surface area (Å²) in [6, 6.07) is 3.32. The highest BCUT2D eigenvalue weighted by atomic mass is 35.5. The Labute approximate surface area is 95.0 Å². The van der Waals surface area contributed by atoms with E-state index >= 15 is 0 Å². The molecule has 0 unspecified atom stereocenters. The molecule has 0 aromatic carbocycles. The first kappa shape index (κ1) is 10.2. The molecule has 0 aliphatic rings. The number of rotatable bonds is 2. The Hall–Kier alpha value is -1.33. The maximum atomic E-state index is 10.8. The van der Waals surface area contributed by atoms with E-state index in [1.165, 1.54) is 17.5 Å². The highest BCUT2D eigenvalue weighted by Crippen LogP contribution is 2.21. The van der Waals surface area contributed by atoms with Crippen LogP contribution in [0.3, 0.4) is 0 Å². The van der Waals surface area contributed by atoms with Crippen molar-refractivity contribution in [1.29, 1.82) is 0 Å². The molecule has 15 heavy (non-hydrogen) atoms. The first-order valence-electron chi connectivity index (χ1n) is 4.13. The van der Waals surface area contributed by atoms with Gasteiger partial charge in [-0.3, -0.25) is 9.78 Å². The van der Waals surface area contributed by atoms with Crippen LogP contribution in [0.25, 0.3) is 10.7 Å². The molecule has 6 heteroatoms. The van der Waals surface area contributed by atoms with Gasteiger partial charge in [-0.15, -0.1) is 10.2 Å². The molecule has 2 aromatic rings. The molecule has 0 amide bonds. The number of halogens is 1. The normalized spacial score (nSPS) is 10.3. The molecule has 0 N–H and O–H groups in total. The smallest absolute Gasteiger partial charge is 0.253 e. The molecular weight excluding hydrogens is 234 g/mol. The number of aryl methyl sites for hydroxylation is 1. The van der Waals surface area contributed by atoms with Crippen molar-refractivity contribution in [2.24, 2.45) is 0 Å². The summed E-state index contributed by atoms with van der Waals surface area (Å²) >= 11 is 6.75. The summed E-state index contributed by atoms with van der Waals surface area (Å²) in [7, 11) is 0. The second-order valence-corrected chi connectivity index (χ2v) is 4.36. The summed E-state index contributed by atoms with van der Waals surface area (Å²) in [4.78, 5) is 14.9. The molecule has 0 fully saturated rings. The molecule has 0 saturated heterocycles. The molecule has 0 atom stereocenters. The van der Waals surface area contributed by atoms with Crippen LogP contribution in [0.4, 0.5) is 0 Å². The average molecular weight is 240 g/mol. The van der Waals surface area contributed by atoms with Gasteiger partial charge in [0.1, 0.15) is 10.7 Å². The fraction of sp³-hybridized carbons (Fsp3) is 0.111. The number of aromatic nitrogens is 3. The van der Waals surface area contributed by atoms with Crippen LogP contribution in [-0.2, 0) is 0 Å². The zero-order valence-corrected chi connectivity index (χ0v) is 9.34. The van der Waals surface area contributed by atoms with Gasteiger partial charge in [0.05, 0.1) is 5.56 Å². The van der Waals surface area contributed by atoms with Crippen LogP contribution < -0.4 is 0 Å². The van der Waals surface area contributed by atoms with Crippen molar-refractivity contribution in [1.82, 2.24) is 15.2 Å². The van der Waals surface area contributed by atoms with Gasteiger partial charge < -0.3 is 0 Å². The Bertz CT molecular complexity index is 494. The summed E-state index contributed by atoms with van der Waals surface area (Å²) in [5.74, 6) is 0. The summed E-state index contributed by atoms with van der Waals surface area (Å²) in [6.45, 7) is 1.87. The van der Waals surface area contributed by atoms with E-state index in [-0.39, 0.29) is 0 Å². The Morgan fingerprint density at radius 3 is 2.67 bits per heavy atom. The summed E-state index contributed by atoms with van der Waals surface area (Å²) in [5, 5.41) is 8.94. The lowest BCUT2D eigenvalue weighted by Crippen LogP contribution is -1.91. The molecule has 0 radical (unpaired) electrons. The lowest BCUT2D eigenvalue weighted by Gasteiger charge is -1.95. The number of hydrogen-bond donors (Lipinski definition) is 0. The fourth-order valence-corrected chi connectivity index (χ4v) is 1.82. The number of pyridine rings is 1. The van der Waals surface area contributed by atoms with E-state index < -0.39 is 5.24 Å². The van der Waals surface area contributed by atoms with Gasteiger partial charge in [-0.25, -0.2) is 0 Å². The molecule has 0 spiro atoms. The van der Waals surface area contributed by atoms with Crippen molar-refractivity contribution in [2.45, 2.75) is 6.92 Å². The van der Waals surface area contributed by atoms with Gasteiger partial charge in [-0.05, 0) is 30.7 Å². The van der Waals surface area contributed by atoms with Crippen molar-refractivity contribution in [3.05, 3.63) is 28.9 Å². The minimum absolute atomic E-state index is 0.377. The Balaban J connectivity index is 2.35. The second kappa shape index (κ2) is 4.04. The van der Waals surface area contributed by atoms with E-state index in [1.54, 1.807) is 12.1 Å². The zero-order valence-electron chi connectivity index (χ0n) is 7.77. The maximum Gasteiger partial charge on any atom is 0.253 e. The minimum atomic E-state index is -0.512. The Morgan fingerprint density at radius 2 is 2.20 bits per heavy atom. The number of carbonyl (C=O) groups excluding carboxylic acids is 1. The predicted molar refractivity (Wildman–Crippen MR) is 58.1 cm³/mol. The molecule has 76 valence electrons. The molecule has 2 heterocycles. The fourth-order valence-electron chi connectivity index (χ4n) is 1.04. The van der Waals surface area contributed by atoms with Gasteiger partial charge in [-0.2, -0.15) is 0 Å². The van der Waals surface area contributed by atoms with E-state index in [4.69, 9.17) is 11.6 Å². The molecule has 4 nitrogen and oxygen atoms in total. The molecule has 2 rings (SSSR count).